The molecule has 3 heteroatoms. The lowest BCUT2D eigenvalue weighted by atomic mass is 10.1. The summed E-state index contributed by atoms with van der Waals surface area (Å²) in [7, 11) is 0. The van der Waals surface area contributed by atoms with E-state index in [1.165, 1.54) is 16.3 Å². The fraction of sp³-hybridized carbons (Fsp3) is 0.0556. The highest BCUT2D eigenvalue weighted by Crippen LogP contribution is 2.19. The number of benzene rings is 3. The van der Waals surface area contributed by atoms with Gasteiger partial charge in [0.05, 0.1) is 6.54 Å². The summed E-state index contributed by atoms with van der Waals surface area (Å²) in [6.07, 6.45) is 0. The Morgan fingerprint density at radius 2 is 1.57 bits per heavy atom. The van der Waals surface area contributed by atoms with Crippen molar-refractivity contribution in [1.29, 1.82) is 0 Å². The predicted octanol–water partition coefficient (Wildman–Crippen LogP) is 3.77. The van der Waals surface area contributed by atoms with Crippen LogP contribution in [-0.4, -0.2) is 5.96 Å². The fourth-order valence-corrected chi connectivity index (χ4v) is 2.31. The van der Waals surface area contributed by atoms with Crippen molar-refractivity contribution in [2.24, 2.45) is 10.7 Å². The summed E-state index contributed by atoms with van der Waals surface area (Å²) in [5, 5.41) is 5.53. The van der Waals surface area contributed by atoms with Crippen molar-refractivity contribution in [2.75, 3.05) is 5.32 Å². The molecule has 0 aliphatic rings. The van der Waals surface area contributed by atoms with E-state index < -0.39 is 0 Å². The van der Waals surface area contributed by atoms with Gasteiger partial charge in [0, 0.05) is 5.69 Å². The van der Waals surface area contributed by atoms with Gasteiger partial charge in [-0.2, -0.15) is 0 Å². The minimum Gasteiger partial charge on any atom is -0.370 e. The van der Waals surface area contributed by atoms with Crippen LogP contribution in [0.2, 0.25) is 0 Å². The van der Waals surface area contributed by atoms with Gasteiger partial charge in [-0.05, 0) is 28.5 Å². The van der Waals surface area contributed by atoms with Crippen LogP contribution in [0.25, 0.3) is 10.8 Å². The number of hydrogen-bond donors (Lipinski definition) is 2. The molecule has 3 N–H and O–H groups in total. The number of nitrogens with zero attached hydrogens (tertiary/aromatic N) is 1. The van der Waals surface area contributed by atoms with E-state index in [4.69, 9.17) is 5.73 Å². The first kappa shape index (κ1) is 13.2. The largest absolute Gasteiger partial charge is 0.370 e. The molecule has 0 radical (unpaired) electrons. The molecule has 0 atom stereocenters. The number of para-hydroxylation sites is 1. The minimum absolute atomic E-state index is 0.425. The average molecular weight is 275 g/mol. The number of rotatable bonds is 3. The van der Waals surface area contributed by atoms with Gasteiger partial charge in [-0.25, -0.2) is 4.99 Å². The third-order valence-electron chi connectivity index (χ3n) is 3.35. The molecule has 0 amide bonds. The van der Waals surface area contributed by atoms with E-state index in [1.807, 2.05) is 48.5 Å². The SMILES string of the molecule is NC(=NCc1cccc2ccccc12)Nc1ccccc1. The van der Waals surface area contributed by atoms with E-state index in [9.17, 15) is 0 Å². The Morgan fingerprint density at radius 3 is 2.43 bits per heavy atom. The maximum absolute atomic E-state index is 5.94. The van der Waals surface area contributed by atoms with Crippen LogP contribution in [0, 0.1) is 0 Å². The van der Waals surface area contributed by atoms with Crippen molar-refractivity contribution >= 4 is 22.4 Å². The summed E-state index contributed by atoms with van der Waals surface area (Å²) >= 11 is 0. The van der Waals surface area contributed by atoms with Crippen LogP contribution < -0.4 is 11.1 Å². The van der Waals surface area contributed by atoms with E-state index >= 15 is 0 Å². The van der Waals surface area contributed by atoms with Gasteiger partial charge in [-0.1, -0.05) is 60.7 Å². The van der Waals surface area contributed by atoms with E-state index in [0.29, 0.717) is 12.5 Å². The van der Waals surface area contributed by atoms with Crippen molar-refractivity contribution in [1.82, 2.24) is 0 Å². The number of anilines is 1. The molecule has 0 bridgehead atoms. The summed E-state index contributed by atoms with van der Waals surface area (Å²) in [4.78, 5) is 4.42. The Bertz CT molecular complexity index is 758. The first-order valence-electron chi connectivity index (χ1n) is 6.91. The molecule has 0 aliphatic carbocycles. The monoisotopic (exact) mass is 275 g/mol. The summed E-state index contributed by atoms with van der Waals surface area (Å²) < 4.78 is 0. The second-order valence-electron chi connectivity index (χ2n) is 4.83. The second-order valence-corrected chi connectivity index (χ2v) is 4.83. The van der Waals surface area contributed by atoms with Gasteiger partial charge in [-0.15, -0.1) is 0 Å². The maximum atomic E-state index is 5.94. The van der Waals surface area contributed by atoms with Crippen molar-refractivity contribution in [3.63, 3.8) is 0 Å². The number of nitrogens with two attached hydrogens (primary N) is 1. The Balaban J connectivity index is 1.78. The third kappa shape index (κ3) is 3.20. The lowest BCUT2D eigenvalue weighted by Crippen LogP contribution is -2.22. The molecule has 3 aromatic rings. The van der Waals surface area contributed by atoms with Crippen LogP contribution in [0.1, 0.15) is 5.56 Å². The van der Waals surface area contributed by atoms with Crippen LogP contribution in [0.15, 0.2) is 77.8 Å². The van der Waals surface area contributed by atoms with Crippen LogP contribution in [-0.2, 0) is 6.54 Å². The van der Waals surface area contributed by atoms with Crippen molar-refractivity contribution in [3.8, 4) is 0 Å². The van der Waals surface area contributed by atoms with Crippen LogP contribution in [0.3, 0.4) is 0 Å². The van der Waals surface area contributed by atoms with Gasteiger partial charge in [0.15, 0.2) is 5.96 Å². The minimum atomic E-state index is 0.425. The molecule has 21 heavy (non-hydrogen) atoms. The van der Waals surface area contributed by atoms with E-state index in [-0.39, 0.29) is 0 Å². The molecule has 0 aliphatic heterocycles. The van der Waals surface area contributed by atoms with Gasteiger partial charge >= 0.3 is 0 Å². The Kier molecular flexibility index (Phi) is 3.83. The molecule has 104 valence electrons. The number of fused-ring (bicyclic) bond motifs is 1. The highest BCUT2D eigenvalue weighted by Gasteiger charge is 2.00. The number of aliphatic imine (C=N–C) groups is 1. The molecule has 0 unspecified atom stereocenters. The van der Waals surface area contributed by atoms with Crippen molar-refractivity contribution in [3.05, 3.63) is 78.4 Å². The zero-order chi connectivity index (χ0) is 14.5. The van der Waals surface area contributed by atoms with E-state index in [1.54, 1.807) is 0 Å². The quantitative estimate of drug-likeness (QED) is 0.564. The fourth-order valence-electron chi connectivity index (χ4n) is 2.31. The highest BCUT2D eigenvalue weighted by molar-refractivity contribution is 5.92. The molecule has 0 aromatic heterocycles. The molecule has 3 nitrogen and oxygen atoms in total. The Labute approximate surface area is 124 Å². The molecular formula is C18H17N3. The van der Waals surface area contributed by atoms with Gasteiger partial charge in [0.25, 0.3) is 0 Å². The molecule has 0 saturated heterocycles. The summed E-state index contributed by atoms with van der Waals surface area (Å²) in [6.45, 7) is 0.563. The van der Waals surface area contributed by atoms with Crippen molar-refractivity contribution < 1.29 is 0 Å². The average Bonchev–Trinajstić information content (AvgIpc) is 2.54. The second kappa shape index (κ2) is 6.09. The van der Waals surface area contributed by atoms with Gasteiger partial charge in [0.1, 0.15) is 0 Å². The standard InChI is InChI=1S/C18H17N3/c19-18(21-16-10-2-1-3-11-16)20-13-15-9-6-8-14-7-4-5-12-17(14)15/h1-12H,13H2,(H3,19,20,21). The molecule has 0 heterocycles. The van der Waals surface area contributed by atoms with Gasteiger partial charge in [-0.3, -0.25) is 0 Å². The Hall–Kier alpha value is -2.81. The number of hydrogen-bond acceptors (Lipinski definition) is 1. The summed E-state index contributed by atoms with van der Waals surface area (Å²) in [6, 6.07) is 24.3. The van der Waals surface area contributed by atoms with E-state index in [2.05, 4.69) is 34.6 Å². The molecule has 0 fully saturated rings. The van der Waals surface area contributed by atoms with Crippen LogP contribution in [0.5, 0.6) is 0 Å². The summed E-state index contributed by atoms with van der Waals surface area (Å²) in [5.74, 6) is 0.425. The number of nitrogens with one attached hydrogen (secondary N) is 1. The smallest absolute Gasteiger partial charge is 0.193 e. The number of guanidine groups is 1. The van der Waals surface area contributed by atoms with Crippen molar-refractivity contribution in [2.45, 2.75) is 6.54 Å². The summed E-state index contributed by atoms with van der Waals surface area (Å²) in [5.41, 5.74) is 8.05. The Morgan fingerprint density at radius 1 is 0.857 bits per heavy atom. The van der Waals surface area contributed by atoms with Gasteiger partial charge in [0.2, 0.25) is 0 Å². The third-order valence-corrected chi connectivity index (χ3v) is 3.35. The lowest BCUT2D eigenvalue weighted by Gasteiger charge is -2.07. The van der Waals surface area contributed by atoms with E-state index in [0.717, 1.165) is 5.69 Å². The van der Waals surface area contributed by atoms with Gasteiger partial charge < -0.3 is 11.1 Å². The lowest BCUT2D eigenvalue weighted by molar-refractivity contribution is 1.07. The topological polar surface area (TPSA) is 50.4 Å². The highest BCUT2D eigenvalue weighted by atomic mass is 15.1. The van der Waals surface area contributed by atoms with Crippen LogP contribution in [0.4, 0.5) is 5.69 Å². The molecule has 0 spiro atoms. The maximum Gasteiger partial charge on any atom is 0.193 e. The molecule has 0 saturated carbocycles. The molecule has 3 rings (SSSR count). The predicted molar refractivity (Wildman–Crippen MR) is 89.3 cm³/mol. The zero-order valence-electron chi connectivity index (χ0n) is 11.7. The normalized spacial score (nSPS) is 11.5. The first-order chi connectivity index (χ1) is 10.3. The zero-order valence-corrected chi connectivity index (χ0v) is 11.7. The van der Waals surface area contributed by atoms with Crippen LogP contribution >= 0.6 is 0 Å². The first-order valence-corrected chi connectivity index (χ1v) is 6.91. The molecule has 3 aromatic carbocycles. The molecular weight excluding hydrogens is 258 g/mol.